The van der Waals surface area contributed by atoms with Gasteiger partial charge in [-0.3, -0.25) is 14.6 Å². The Labute approximate surface area is 182 Å². The molecular weight excluding hydrogens is 402 g/mol. The van der Waals surface area contributed by atoms with Crippen molar-refractivity contribution in [1.82, 2.24) is 19.8 Å². The van der Waals surface area contributed by atoms with Gasteiger partial charge in [-0.2, -0.15) is 0 Å². The minimum absolute atomic E-state index is 0.0715. The second-order valence-corrected chi connectivity index (χ2v) is 7.71. The Hall–Kier alpha value is -2.67. The van der Waals surface area contributed by atoms with E-state index in [0.717, 1.165) is 36.6 Å². The predicted molar refractivity (Wildman–Crippen MR) is 118 cm³/mol. The van der Waals surface area contributed by atoms with Crippen LogP contribution in [-0.4, -0.2) is 70.9 Å². The van der Waals surface area contributed by atoms with E-state index in [9.17, 15) is 9.59 Å². The number of hydrogen-bond donors (Lipinski definition) is 0. The number of aromatic nitrogens is 2. The van der Waals surface area contributed by atoms with Crippen LogP contribution in [0, 0.1) is 0 Å². The number of benzene rings is 1. The van der Waals surface area contributed by atoms with E-state index in [-0.39, 0.29) is 11.8 Å². The molecule has 1 aromatic carbocycles. The molecule has 1 fully saturated rings. The van der Waals surface area contributed by atoms with Crippen LogP contribution in [0.5, 0.6) is 0 Å². The fourth-order valence-corrected chi connectivity index (χ4v) is 3.78. The lowest BCUT2D eigenvalue weighted by Crippen LogP contribution is -2.49. The summed E-state index contributed by atoms with van der Waals surface area (Å²) in [7, 11) is 0. The molecule has 3 rings (SSSR count). The molecule has 1 aliphatic heterocycles. The zero-order valence-electron chi connectivity index (χ0n) is 17.3. The lowest BCUT2D eigenvalue weighted by Gasteiger charge is -2.36. The maximum absolute atomic E-state index is 12.8. The van der Waals surface area contributed by atoms with Gasteiger partial charge in [-0.05, 0) is 18.6 Å². The normalized spacial score (nSPS) is 13.9. The number of rotatable bonds is 8. The molecule has 1 aromatic heterocycles. The maximum atomic E-state index is 12.8. The zero-order valence-corrected chi connectivity index (χ0v) is 18.1. The summed E-state index contributed by atoms with van der Waals surface area (Å²) in [5.41, 5.74) is 1.32. The van der Waals surface area contributed by atoms with Gasteiger partial charge in [-0.15, -0.1) is 0 Å². The molecule has 0 aliphatic carbocycles. The average Bonchev–Trinajstić information content (AvgIpc) is 2.79. The van der Waals surface area contributed by atoms with Crippen LogP contribution in [0.1, 0.15) is 36.7 Å². The lowest BCUT2D eigenvalue weighted by molar-refractivity contribution is -0.131. The average molecular weight is 430 g/mol. The fraction of sp³-hybridized carbons (Fsp3) is 0.455. The minimum atomic E-state index is -0.173. The summed E-state index contributed by atoms with van der Waals surface area (Å²) < 4.78 is 0. The monoisotopic (exact) mass is 429 g/mol. The topological polar surface area (TPSA) is 69.6 Å². The van der Waals surface area contributed by atoms with Gasteiger partial charge in [0.2, 0.25) is 5.91 Å². The summed E-state index contributed by atoms with van der Waals surface area (Å²) in [6, 6.07) is 7.77. The van der Waals surface area contributed by atoms with Crippen molar-refractivity contribution < 1.29 is 9.59 Å². The SMILES string of the molecule is CCCCN(CCC(=O)N1CCN(c2ccccc2Cl)CC1)C(=O)c1cnccn1. The minimum Gasteiger partial charge on any atom is -0.367 e. The molecule has 0 radical (unpaired) electrons. The van der Waals surface area contributed by atoms with Crippen LogP contribution < -0.4 is 4.90 Å². The van der Waals surface area contributed by atoms with Gasteiger partial charge < -0.3 is 14.7 Å². The highest BCUT2D eigenvalue weighted by Gasteiger charge is 2.24. The van der Waals surface area contributed by atoms with Crippen molar-refractivity contribution in [3.05, 3.63) is 53.6 Å². The molecule has 0 saturated carbocycles. The quantitative estimate of drug-likeness (QED) is 0.644. The summed E-state index contributed by atoms with van der Waals surface area (Å²) in [5.74, 6) is -0.102. The third-order valence-electron chi connectivity index (χ3n) is 5.27. The molecule has 2 aromatic rings. The van der Waals surface area contributed by atoms with Crippen molar-refractivity contribution in [3.8, 4) is 0 Å². The lowest BCUT2D eigenvalue weighted by atomic mass is 10.2. The van der Waals surface area contributed by atoms with Crippen molar-refractivity contribution in [2.45, 2.75) is 26.2 Å². The smallest absolute Gasteiger partial charge is 0.274 e. The second kappa shape index (κ2) is 10.9. The van der Waals surface area contributed by atoms with Crippen LogP contribution in [0.15, 0.2) is 42.9 Å². The standard InChI is InChI=1S/C22H28ClN5O2/c1-2-3-11-28(22(30)19-17-24-9-10-25-19)12-8-21(29)27-15-13-26(14-16-27)20-7-5-4-6-18(20)23/h4-7,9-10,17H,2-3,8,11-16H2,1H3. The van der Waals surface area contributed by atoms with Gasteiger partial charge in [0.15, 0.2) is 0 Å². The molecule has 160 valence electrons. The highest BCUT2D eigenvalue weighted by Crippen LogP contribution is 2.26. The van der Waals surface area contributed by atoms with Gasteiger partial charge in [0.05, 0.1) is 16.9 Å². The summed E-state index contributed by atoms with van der Waals surface area (Å²) in [6.07, 6.45) is 6.69. The number of hydrogen-bond acceptors (Lipinski definition) is 5. The van der Waals surface area contributed by atoms with E-state index < -0.39 is 0 Å². The first kappa shape index (κ1) is 22.0. The van der Waals surface area contributed by atoms with Crippen LogP contribution in [0.2, 0.25) is 5.02 Å². The maximum Gasteiger partial charge on any atom is 0.274 e. The number of para-hydroxylation sites is 1. The van der Waals surface area contributed by atoms with Crippen molar-refractivity contribution in [2.75, 3.05) is 44.2 Å². The van der Waals surface area contributed by atoms with E-state index in [2.05, 4.69) is 21.8 Å². The van der Waals surface area contributed by atoms with Crippen LogP contribution in [-0.2, 0) is 4.79 Å². The molecule has 0 bridgehead atoms. The van der Waals surface area contributed by atoms with Crippen molar-refractivity contribution in [1.29, 1.82) is 0 Å². The molecule has 0 atom stereocenters. The number of anilines is 1. The van der Waals surface area contributed by atoms with E-state index in [4.69, 9.17) is 11.6 Å². The third kappa shape index (κ3) is 5.69. The van der Waals surface area contributed by atoms with Crippen LogP contribution in [0.3, 0.4) is 0 Å². The third-order valence-corrected chi connectivity index (χ3v) is 5.59. The van der Waals surface area contributed by atoms with Crippen LogP contribution in [0.25, 0.3) is 0 Å². The summed E-state index contributed by atoms with van der Waals surface area (Å²) in [5, 5.41) is 0.728. The molecular formula is C22H28ClN5O2. The van der Waals surface area contributed by atoms with Gasteiger partial charge >= 0.3 is 0 Å². The summed E-state index contributed by atoms with van der Waals surface area (Å²) >= 11 is 6.29. The Kier molecular flexibility index (Phi) is 8.02. The molecule has 0 unspecified atom stereocenters. The molecule has 1 aliphatic rings. The number of amides is 2. The molecule has 0 N–H and O–H groups in total. The Balaban J connectivity index is 1.53. The highest BCUT2D eigenvalue weighted by molar-refractivity contribution is 6.33. The summed E-state index contributed by atoms with van der Waals surface area (Å²) in [6.45, 7) is 5.86. The summed E-state index contributed by atoms with van der Waals surface area (Å²) in [4.78, 5) is 39.4. The van der Waals surface area contributed by atoms with E-state index in [1.807, 2.05) is 29.2 Å². The Morgan fingerprint density at radius 1 is 1.10 bits per heavy atom. The number of piperazine rings is 1. The van der Waals surface area contributed by atoms with Crippen LogP contribution >= 0.6 is 11.6 Å². The van der Waals surface area contributed by atoms with Gasteiger partial charge in [-0.1, -0.05) is 37.1 Å². The van der Waals surface area contributed by atoms with E-state index in [1.165, 1.54) is 12.4 Å². The van der Waals surface area contributed by atoms with Gasteiger partial charge in [0, 0.05) is 58.1 Å². The van der Waals surface area contributed by atoms with Crippen molar-refractivity contribution in [2.24, 2.45) is 0 Å². The first-order chi connectivity index (χ1) is 14.6. The molecule has 8 heteroatoms. The number of unbranched alkanes of at least 4 members (excludes halogenated alkanes) is 1. The van der Waals surface area contributed by atoms with Gasteiger partial charge in [0.25, 0.3) is 5.91 Å². The largest absolute Gasteiger partial charge is 0.367 e. The Morgan fingerprint density at radius 3 is 2.53 bits per heavy atom. The highest BCUT2D eigenvalue weighted by atomic mass is 35.5. The van der Waals surface area contributed by atoms with Crippen LogP contribution in [0.4, 0.5) is 5.69 Å². The first-order valence-electron chi connectivity index (χ1n) is 10.4. The fourth-order valence-electron chi connectivity index (χ4n) is 3.53. The molecule has 1 saturated heterocycles. The van der Waals surface area contributed by atoms with E-state index in [1.54, 1.807) is 11.1 Å². The van der Waals surface area contributed by atoms with E-state index >= 15 is 0 Å². The zero-order chi connectivity index (χ0) is 21.3. The Bertz CT molecular complexity index is 840. The van der Waals surface area contributed by atoms with Crippen molar-refractivity contribution >= 4 is 29.1 Å². The van der Waals surface area contributed by atoms with Gasteiger partial charge in [0.1, 0.15) is 5.69 Å². The number of halogens is 1. The number of nitrogens with zero attached hydrogens (tertiary/aromatic N) is 5. The molecule has 2 heterocycles. The molecule has 30 heavy (non-hydrogen) atoms. The molecule has 2 amide bonds. The number of carbonyl (C=O) groups is 2. The predicted octanol–water partition coefficient (Wildman–Crippen LogP) is 3.11. The molecule has 7 nitrogen and oxygen atoms in total. The Morgan fingerprint density at radius 2 is 1.87 bits per heavy atom. The molecule has 0 spiro atoms. The first-order valence-corrected chi connectivity index (χ1v) is 10.8. The van der Waals surface area contributed by atoms with Gasteiger partial charge in [-0.25, -0.2) is 4.98 Å². The second-order valence-electron chi connectivity index (χ2n) is 7.31. The van der Waals surface area contributed by atoms with E-state index in [0.29, 0.717) is 38.3 Å². The van der Waals surface area contributed by atoms with Crippen molar-refractivity contribution in [3.63, 3.8) is 0 Å². The number of carbonyl (C=O) groups excluding carboxylic acids is 2.